The Morgan fingerprint density at radius 1 is 1.40 bits per heavy atom. The lowest BCUT2D eigenvalue weighted by atomic mass is 9.85. The Morgan fingerprint density at radius 2 is 2.05 bits per heavy atom. The second-order valence-corrected chi connectivity index (χ2v) is 6.94. The van der Waals surface area contributed by atoms with Gasteiger partial charge in [-0.2, -0.15) is 0 Å². The maximum atomic E-state index is 12.6. The molecule has 0 unspecified atom stereocenters. The molecule has 1 aromatic carbocycles. The van der Waals surface area contributed by atoms with Crippen LogP contribution < -0.4 is 0 Å². The highest BCUT2D eigenvalue weighted by molar-refractivity contribution is 9.10. The van der Waals surface area contributed by atoms with Crippen molar-refractivity contribution in [2.45, 2.75) is 33.4 Å². The van der Waals surface area contributed by atoms with E-state index < -0.39 is 6.04 Å². The van der Waals surface area contributed by atoms with Gasteiger partial charge in [0.15, 0.2) is 0 Å². The number of hydrogen-bond donors (Lipinski definition) is 0. The first-order chi connectivity index (χ1) is 9.25. The van der Waals surface area contributed by atoms with Gasteiger partial charge in [0, 0.05) is 16.6 Å². The quantitative estimate of drug-likeness (QED) is 0.778. The van der Waals surface area contributed by atoms with Gasteiger partial charge >= 0.3 is 5.97 Å². The molecule has 1 aliphatic rings. The van der Waals surface area contributed by atoms with Gasteiger partial charge in [0.2, 0.25) is 0 Å². The van der Waals surface area contributed by atoms with Crippen LogP contribution in [0.25, 0.3) is 0 Å². The largest absolute Gasteiger partial charge is 0.467 e. The molecule has 0 saturated heterocycles. The van der Waals surface area contributed by atoms with E-state index in [2.05, 4.69) is 15.9 Å². The summed E-state index contributed by atoms with van der Waals surface area (Å²) in [6, 6.07) is 5.02. The van der Waals surface area contributed by atoms with E-state index in [1.807, 2.05) is 32.9 Å². The molecule has 0 radical (unpaired) electrons. The highest BCUT2D eigenvalue weighted by atomic mass is 79.9. The lowest BCUT2D eigenvalue weighted by Crippen LogP contribution is -2.50. The van der Waals surface area contributed by atoms with Crippen LogP contribution in [0.3, 0.4) is 0 Å². The van der Waals surface area contributed by atoms with E-state index >= 15 is 0 Å². The third-order valence-corrected chi connectivity index (χ3v) is 3.95. The molecule has 2 rings (SSSR count). The van der Waals surface area contributed by atoms with Gasteiger partial charge in [-0.15, -0.1) is 0 Å². The number of carbonyl (C=O) groups is 2. The lowest BCUT2D eigenvalue weighted by molar-refractivity contribution is -0.150. The zero-order chi connectivity index (χ0) is 15.1. The average Bonchev–Trinajstić information content (AvgIpc) is 2.65. The minimum Gasteiger partial charge on any atom is -0.467 e. The summed E-state index contributed by atoms with van der Waals surface area (Å²) in [7, 11) is 1.35. The highest BCUT2D eigenvalue weighted by Gasteiger charge is 2.43. The molecule has 1 aliphatic heterocycles. The van der Waals surface area contributed by atoms with Crippen LogP contribution in [0, 0.1) is 5.41 Å². The Labute approximate surface area is 127 Å². The first-order valence-electron chi connectivity index (χ1n) is 6.43. The SMILES string of the molecule is COC(=O)[C@@H](N1Cc2ccc(Br)cc2C1=O)C(C)(C)C. The molecule has 1 heterocycles. The molecule has 4 nitrogen and oxygen atoms in total. The Bertz CT molecular complexity index is 563. The number of benzene rings is 1. The zero-order valence-electron chi connectivity index (χ0n) is 12.1. The third kappa shape index (κ3) is 2.59. The number of rotatable bonds is 2. The van der Waals surface area contributed by atoms with Gasteiger partial charge in [0.05, 0.1) is 7.11 Å². The minimum atomic E-state index is -0.592. The molecule has 1 atom stereocenters. The van der Waals surface area contributed by atoms with Crippen LogP contribution in [-0.4, -0.2) is 29.9 Å². The maximum absolute atomic E-state index is 12.6. The van der Waals surface area contributed by atoms with Crippen molar-refractivity contribution in [3.8, 4) is 0 Å². The van der Waals surface area contributed by atoms with Crippen molar-refractivity contribution >= 4 is 27.8 Å². The van der Waals surface area contributed by atoms with E-state index in [0.717, 1.165) is 10.0 Å². The van der Waals surface area contributed by atoms with Gasteiger partial charge in [0.1, 0.15) is 6.04 Å². The lowest BCUT2D eigenvalue weighted by Gasteiger charge is -2.35. The van der Waals surface area contributed by atoms with Gasteiger partial charge in [-0.05, 0) is 23.1 Å². The number of fused-ring (bicyclic) bond motifs is 1. The van der Waals surface area contributed by atoms with Gasteiger partial charge in [-0.1, -0.05) is 42.8 Å². The standard InChI is InChI=1S/C15H18BrNO3/c1-15(2,3)12(14(19)20-4)17-8-9-5-6-10(16)7-11(9)13(17)18/h5-7,12H,8H2,1-4H3/t12-/m1/s1. The Kier molecular flexibility index (Phi) is 3.91. The number of esters is 1. The number of nitrogens with zero attached hydrogens (tertiary/aromatic N) is 1. The number of ether oxygens (including phenoxy) is 1. The van der Waals surface area contributed by atoms with Crippen LogP contribution >= 0.6 is 15.9 Å². The van der Waals surface area contributed by atoms with E-state index in [0.29, 0.717) is 12.1 Å². The van der Waals surface area contributed by atoms with Crippen LogP contribution in [0.2, 0.25) is 0 Å². The van der Waals surface area contributed by atoms with E-state index in [-0.39, 0.29) is 17.3 Å². The van der Waals surface area contributed by atoms with Gasteiger partial charge < -0.3 is 9.64 Å². The second-order valence-electron chi connectivity index (χ2n) is 6.03. The molecule has 1 aromatic rings. The molecule has 0 fully saturated rings. The fraction of sp³-hybridized carbons (Fsp3) is 0.467. The van der Waals surface area contributed by atoms with Crippen LogP contribution in [-0.2, 0) is 16.1 Å². The van der Waals surface area contributed by atoms with Crippen molar-refractivity contribution in [3.05, 3.63) is 33.8 Å². The molecule has 5 heteroatoms. The molecule has 20 heavy (non-hydrogen) atoms. The number of methoxy groups -OCH3 is 1. The van der Waals surface area contributed by atoms with E-state index in [9.17, 15) is 9.59 Å². The first kappa shape index (κ1) is 15.0. The summed E-state index contributed by atoms with van der Waals surface area (Å²) in [6.07, 6.45) is 0. The summed E-state index contributed by atoms with van der Waals surface area (Å²) < 4.78 is 5.74. The Balaban J connectivity index is 2.40. The fourth-order valence-electron chi connectivity index (χ4n) is 2.56. The van der Waals surface area contributed by atoms with Crippen LogP contribution in [0.5, 0.6) is 0 Å². The molecule has 0 aliphatic carbocycles. The Morgan fingerprint density at radius 3 is 2.60 bits per heavy atom. The minimum absolute atomic E-state index is 0.119. The summed E-state index contributed by atoms with van der Waals surface area (Å²) in [5.74, 6) is -0.496. The average molecular weight is 340 g/mol. The molecule has 0 spiro atoms. The summed E-state index contributed by atoms with van der Waals surface area (Å²) >= 11 is 3.37. The van der Waals surface area contributed by atoms with Crippen molar-refractivity contribution in [1.82, 2.24) is 4.90 Å². The van der Waals surface area contributed by atoms with Gasteiger partial charge in [0.25, 0.3) is 5.91 Å². The molecule has 108 valence electrons. The summed E-state index contributed by atoms with van der Waals surface area (Å²) in [5.41, 5.74) is 1.20. The topological polar surface area (TPSA) is 46.6 Å². The van der Waals surface area contributed by atoms with Crippen molar-refractivity contribution in [2.24, 2.45) is 5.41 Å². The number of amides is 1. The predicted molar refractivity (Wildman–Crippen MR) is 79.3 cm³/mol. The monoisotopic (exact) mass is 339 g/mol. The molecule has 0 aromatic heterocycles. The zero-order valence-corrected chi connectivity index (χ0v) is 13.7. The van der Waals surface area contributed by atoms with Crippen molar-refractivity contribution in [1.29, 1.82) is 0 Å². The van der Waals surface area contributed by atoms with E-state index in [1.165, 1.54) is 7.11 Å². The number of carbonyl (C=O) groups excluding carboxylic acids is 2. The normalized spacial score (nSPS) is 16.1. The third-order valence-electron chi connectivity index (χ3n) is 3.46. The second kappa shape index (κ2) is 5.20. The first-order valence-corrected chi connectivity index (χ1v) is 7.22. The van der Waals surface area contributed by atoms with Crippen molar-refractivity contribution in [3.63, 3.8) is 0 Å². The van der Waals surface area contributed by atoms with E-state index in [4.69, 9.17) is 4.74 Å². The van der Waals surface area contributed by atoms with Crippen LogP contribution in [0.1, 0.15) is 36.7 Å². The summed E-state index contributed by atoms with van der Waals surface area (Å²) in [4.78, 5) is 26.2. The molecule has 1 amide bonds. The molecule has 0 bridgehead atoms. The maximum Gasteiger partial charge on any atom is 0.329 e. The van der Waals surface area contributed by atoms with Crippen molar-refractivity contribution in [2.75, 3.05) is 7.11 Å². The van der Waals surface area contributed by atoms with Gasteiger partial charge in [-0.3, -0.25) is 4.79 Å². The summed E-state index contributed by atoms with van der Waals surface area (Å²) in [5, 5.41) is 0. The number of halogens is 1. The van der Waals surface area contributed by atoms with E-state index in [1.54, 1.807) is 11.0 Å². The van der Waals surface area contributed by atoms with Crippen LogP contribution in [0.15, 0.2) is 22.7 Å². The predicted octanol–water partition coefficient (Wildman–Crippen LogP) is 2.99. The number of hydrogen-bond acceptors (Lipinski definition) is 3. The molecule has 0 N–H and O–H groups in total. The molecule has 0 saturated carbocycles. The molecular weight excluding hydrogens is 322 g/mol. The Hall–Kier alpha value is -1.36. The molecular formula is C15H18BrNO3. The highest BCUT2D eigenvalue weighted by Crippen LogP contribution is 2.33. The van der Waals surface area contributed by atoms with Crippen LogP contribution in [0.4, 0.5) is 0 Å². The van der Waals surface area contributed by atoms with Crippen molar-refractivity contribution < 1.29 is 14.3 Å². The fourth-order valence-corrected chi connectivity index (χ4v) is 2.93. The smallest absolute Gasteiger partial charge is 0.329 e. The summed E-state index contributed by atoms with van der Waals surface area (Å²) in [6.45, 7) is 6.24. The van der Waals surface area contributed by atoms with Gasteiger partial charge in [-0.25, -0.2) is 4.79 Å².